The summed E-state index contributed by atoms with van der Waals surface area (Å²) in [6.07, 6.45) is 3.97. The Morgan fingerprint density at radius 2 is 1.38 bits per heavy atom. The molecule has 0 aromatic rings. The Labute approximate surface area is 77.5 Å². The van der Waals surface area contributed by atoms with Gasteiger partial charge in [-0.15, -0.1) is 0 Å². The maximum atomic E-state index is 11.5. The fourth-order valence-corrected chi connectivity index (χ4v) is 1.96. The van der Waals surface area contributed by atoms with E-state index in [0.29, 0.717) is 12.8 Å². The molecule has 0 aromatic carbocycles. The van der Waals surface area contributed by atoms with E-state index in [1.54, 1.807) is 0 Å². The predicted molar refractivity (Wildman–Crippen MR) is 46.5 cm³/mol. The lowest BCUT2D eigenvalue weighted by Gasteiger charge is -2.32. The van der Waals surface area contributed by atoms with Crippen molar-refractivity contribution < 1.29 is 9.59 Å². The largest absolute Gasteiger partial charge is 0.273 e. The Morgan fingerprint density at radius 3 is 1.92 bits per heavy atom. The average molecular weight is 182 g/mol. The van der Waals surface area contributed by atoms with Crippen LogP contribution in [0.5, 0.6) is 0 Å². The number of hydrogen-bond acceptors (Lipinski definition) is 3. The molecule has 0 radical (unpaired) electrons. The molecule has 0 aliphatic carbocycles. The second-order valence-corrected chi connectivity index (χ2v) is 3.61. The van der Waals surface area contributed by atoms with E-state index < -0.39 is 0 Å². The van der Waals surface area contributed by atoms with E-state index in [1.807, 2.05) is 5.01 Å². The highest BCUT2D eigenvalue weighted by Gasteiger charge is 2.32. The molecule has 2 heterocycles. The first kappa shape index (κ1) is 8.69. The summed E-state index contributed by atoms with van der Waals surface area (Å²) in [4.78, 5) is 22.9. The molecule has 0 unspecified atom stereocenters. The molecule has 0 bridgehead atoms. The van der Waals surface area contributed by atoms with E-state index in [2.05, 4.69) is 0 Å². The molecule has 2 fully saturated rings. The molecule has 4 nitrogen and oxygen atoms in total. The number of hydrogen-bond donors (Lipinski definition) is 0. The zero-order valence-electron chi connectivity index (χ0n) is 7.66. The highest BCUT2D eigenvalue weighted by molar-refractivity contribution is 5.96. The summed E-state index contributed by atoms with van der Waals surface area (Å²) in [5.74, 6) is -0.0312. The van der Waals surface area contributed by atoms with Gasteiger partial charge >= 0.3 is 0 Å². The lowest BCUT2D eigenvalue weighted by atomic mass is 10.1. The Balaban J connectivity index is 2.08. The molecule has 0 atom stereocenters. The molecular formula is C9H14N2O2. The zero-order chi connectivity index (χ0) is 9.26. The molecule has 72 valence electrons. The van der Waals surface area contributed by atoms with Gasteiger partial charge in [0.2, 0.25) is 11.8 Å². The van der Waals surface area contributed by atoms with Crippen molar-refractivity contribution in [2.75, 3.05) is 13.1 Å². The molecule has 2 rings (SSSR count). The Kier molecular flexibility index (Phi) is 2.31. The molecule has 0 N–H and O–H groups in total. The van der Waals surface area contributed by atoms with Gasteiger partial charge < -0.3 is 0 Å². The minimum absolute atomic E-state index is 0.0156. The van der Waals surface area contributed by atoms with Crippen molar-refractivity contribution in [1.29, 1.82) is 0 Å². The molecule has 13 heavy (non-hydrogen) atoms. The molecule has 0 aromatic heterocycles. The van der Waals surface area contributed by atoms with Gasteiger partial charge in [0.05, 0.1) is 0 Å². The van der Waals surface area contributed by atoms with Crippen LogP contribution in [0.2, 0.25) is 0 Å². The summed E-state index contributed by atoms with van der Waals surface area (Å²) < 4.78 is 0. The van der Waals surface area contributed by atoms with Crippen molar-refractivity contribution in [3.8, 4) is 0 Å². The van der Waals surface area contributed by atoms with E-state index in [1.165, 1.54) is 5.01 Å². The van der Waals surface area contributed by atoms with Gasteiger partial charge in [-0.3, -0.25) is 9.59 Å². The maximum Gasteiger partial charge on any atom is 0.243 e. The van der Waals surface area contributed by atoms with Gasteiger partial charge in [-0.2, -0.15) is 0 Å². The molecule has 2 saturated heterocycles. The first-order valence-electron chi connectivity index (χ1n) is 4.90. The number of carbonyl (C=O) groups is 2. The van der Waals surface area contributed by atoms with E-state index in [-0.39, 0.29) is 11.8 Å². The van der Waals surface area contributed by atoms with Crippen molar-refractivity contribution >= 4 is 11.8 Å². The van der Waals surface area contributed by atoms with Gasteiger partial charge in [0, 0.05) is 25.9 Å². The van der Waals surface area contributed by atoms with Crippen molar-refractivity contribution in [2.24, 2.45) is 0 Å². The smallest absolute Gasteiger partial charge is 0.243 e. The molecule has 0 saturated carbocycles. The van der Waals surface area contributed by atoms with E-state index in [0.717, 1.165) is 32.4 Å². The lowest BCUT2D eigenvalue weighted by molar-refractivity contribution is -0.166. The van der Waals surface area contributed by atoms with Gasteiger partial charge in [-0.05, 0) is 19.3 Å². The number of amides is 2. The van der Waals surface area contributed by atoms with E-state index in [4.69, 9.17) is 0 Å². The van der Waals surface area contributed by atoms with Crippen LogP contribution in [0.25, 0.3) is 0 Å². The van der Waals surface area contributed by atoms with Gasteiger partial charge in [0.1, 0.15) is 0 Å². The Morgan fingerprint density at radius 1 is 0.846 bits per heavy atom. The summed E-state index contributed by atoms with van der Waals surface area (Å²) >= 11 is 0. The Bertz CT molecular complexity index is 218. The minimum Gasteiger partial charge on any atom is -0.273 e. The van der Waals surface area contributed by atoms with Crippen LogP contribution in [-0.2, 0) is 9.59 Å². The molecule has 4 heteroatoms. The topological polar surface area (TPSA) is 40.6 Å². The summed E-state index contributed by atoms with van der Waals surface area (Å²) in [5, 5.41) is 3.26. The number of imide groups is 1. The number of piperidine rings is 1. The first-order chi connectivity index (χ1) is 6.29. The predicted octanol–water partition coefficient (Wildman–Crippen LogP) is 0.536. The van der Waals surface area contributed by atoms with Gasteiger partial charge in [0.15, 0.2) is 0 Å². The quantitative estimate of drug-likeness (QED) is 0.556. The van der Waals surface area contributed by atoms with E-state index >= 15 is 0 Å². The van der Waals surface area contributed by atoms with Crippen LogP contribution in [0.15, 0.2) is 0 Å². The second kappa shape index (κ2) is 3.46. The van der Waals surface area contributed by atoms with E-state index in [9.17, 15) is 9.59 Å². The van der Waals surface area contributed by atoms with Crippen LogP contribution < -0.4 is 0 Å². The standard InChI is InChI=1S/C9H14N2O2/c12-8-4-3-5-9(13)11(8)10-6-1-2-7-10/h1-7H2. The fourth-order valence-electron chi connectivity index (χ4n) is 1.96. The van der Waals surface area contributed by atoms with Gasteiger partial charge in [-0.25, -0.2) is 10.0 Å². The lowest BCUT2D eigenvalue weighted by Crippen LogP contribution is -2.50. The molecular weight excluding hydrogens is 168 g/mol. The zero-order valence-corrected chi connectivity index (χ0v) is 7.66. The summed E-state index contributed by atoms with van der Waals surface area (Å²) in [7, 11) is 0. The fraction of sp³-hybridized carbons (Fsp3) is 0.778. The summed E-state index contributed by atoms with van der Waals surface area (Å²) in [6.45, 7) is 1.72. The maximum absolute atomic E-state index is 11.5. The van der Waals surface area contributed by atoms with Crippen LogP contribution in [0, 0.1) is 0 Å². The number of carbonyl (C=O) groups excluding carboxylic acids is 2. The molecule has 2 aliphatic heterocycles. The highest BCUT2D eigenvalue weighted by atomic mass is 16.2. The van der Waals surface area contributed by atoms with Crippen molar-refractivity contribution in [3.63, 3.8) is 0 Å². The third-order valence-electron chi connectivity index (χ3n) is 2.62. The number of hydrazine groups is 1. The van der Waals surface area contributed by atoms with Crippen molar-refractivity contribution in [1.82, 2.24) is 10.0 Å². The third kappa shape index (κ3) is 1.58. The van der Waals surface area contributed by atoms with Gasteiger partial charge in [-0.1, -0.05) is 0 Å². The van der Waals surface area contributed by atoms with Crippen molar-refractivity contribution in [2.45, 2.75) is 32.1 Å². The van der Waals surface area contributed by atoms with Crippen molar-refractivity contribution in [3.05, 3.63) is 0 Å². The first-order valence-corrected chi connectivity index (χ1v) is 4.90. The van der Waals surface area contributed by atoms with Crippen LogP contribution in [0.4, 0.5) is 0 Å². The van der Waals surface area contributed by atoms with Crippen LogP contribution in [-0.4, -0.2) is 34.9 Å². The minimum atomic E-state index is -0.0156. The van der Waals surface area contributed by atoms with Crippen LogP contribution in [0.3, 0.4) is 0 Å². The van der Waals surface area contributed by atoms with Crippen LogP contribution in [0.1, 0.15) is 32.1 Å². The molecule has 2 aliphatic rings. The summed E-state index contributed by atoms with van der Waals surface area (Å²) in [6, 6.07) is 0. The van der Waals surface area contributed by atoms with Gasteiger partial charge in [0.25, 0.3) is 0 Å². The molecule has 0 spiro atoms. The average Bonchev–Trinajstić information content (AvgIpc) is 2.57. The number of rotatable bonds is 1. The Hall–Kier alpha value is -0.900. The SMILES string of the molecule is O=C1CCCC(=O)N1N1CCCC1. The molecule has 2 amide bonds. The van der Waals surface area contributed by atoms with Crippen LogP contribution >= 0.6 is 0 Å². The second-order valence-electron chi connectivity index (χ2n) is 3.61. The number of nitrogens with zero attached hydrogens (tertiary/aromatic N) is 2. The normalized spacial score (nSPS) is 25.7. The highest BCUT2D eigenvalue weighted by Crippen LogP contribution is 2.18. The third-order valence-corrected chi connectivity index (χ3v) is 2.62. The monoisotopic (exact) mass is 182 g/mol. The summed E-state index contributed by atoms with van der Waals surface area (Å²) in [5.41, 5.74) is 0.